The van der Waals surface area contributed by atoms with Gasteiger partial charge in [0.05, 0.1) is 0 Å². The molecule has 1 fully saturated rings. The Kier molecular flexibility index (Phi) is 4.03. The first-order valence-electron chi connectivity index (χ1n) is 4.72. The topological polar surface area (TPSA) is 0 Å². The molecule has 0 unspecified atom stereocenters. The number of hydrogen-bond acceptors (Lipinski definition) is 0. The van der Waals surface area contributed by atoms with E-state index in [4.69, 9.17) is 0 Å². The highest BCUT2D eigenvalue weighted by molar-refractivity contribution is 5.00. The second kappa shape index (κ2) is 5.17. The van der Waals surface area contributed by atoms with Crippen LogP contribution in [0.5, 0.6) is 0 Å². The molecule has 1 saturated carbocycles. The van der Waals surface area contributed by atoms with Gasteiger partial charge in [-0.1, -0.05) is 50.5 Å². The van der Waals surface area contributed by atoms with Gasteiger partial charge in [0.25, 0.3) is 0 Å². The van der Waals surface area contributed by atoms with Crippen LogP contribution in [0.3, 0.4) is 0 Å². The molecule has 0 heterocycles. The van der Waals surface area contributed by atoms with Crippen molar-refractivity contribution in [1.82, 2.24) is 0 Å². The Morgan fingerprint density at radius 2 is 1.64 bits per heavy atom. The predicted molar refractivity (Wildman–Crippen MR) is 50.5 cm³/mol. The van der Waals surface area contributed by atoms with Gasteiger partial charge in [-0.25, -0.2) is 0 Å². The first-order valence-corrected chi connectivity index (χ1v) is 4.72. The van der Waals surface area contributed by atoms with E-state index >= 15 is 0 Å². The standard InChI is InChI=1S/C11H18/c1-2-3-8-11-9-6-4-5-7-10-11/h2-3,8,11H,1,4-7,9-10H2. The van der Waals surface area contributed by atoms with E-state index in [1.54, 1.807) is 0 Å². The van der Waals surface area contributed by atoms with Gasteiger partial charge in [0, 0.05) is 0 Å². The molecule has 1 aliphatic rings. The molecule has 0 atom stereocenters. The predicted octanol–water partition coefficient (Wildman–Crippen LogP) is 3.70. The smallest absolute Gasteiger partial charge is 0.0230 e. The molecule has 0 heteroatoms. The summed E-state index contributed by atoms with van der Waals surface area (Å²) >= 11 is 0. The summed E-state index contributed by atoms with van der Waals surface area (Å²) in [4.78, 5) is 0. The van der Waals surface area contributed by atoms with Crippen LogP contribution in [-0.2, 0) is 0 Å². The summed E-state index contributed by atoms with van der Waals surface area (Å²) in [6.07, 6.45) is 14.8. The summed E-state index contributed by atoms with van der Waals surface area (Å²) in [5.74, 6) is 0.843. The third kappa shape index (κ3) is 3.41. The average Bonchev–Trinajstić information content (AvgIpc) is 2.28. The minimum atomic E-state index is 0.843. The summed E-state index contributed by atoms with van der Waals surface area (Å²) in [5.41, 5.74) is 0. The zero-order chi connectivity index (χ0) is 7.94. The molecule has 0 radical (unpaired) electrons. The molecular formula is C11H18. The lowest BCUT2D eigenvalue weighted by molar-refractivity contribution is 0.559. The van der Waals surface area contributed by atoms with Crippen molar-refractivity contribution < 1.29 is 0 Å². The first-order chi connectivity index (χ1) is 5.43. The highest BCUT2D eigenvalue weighted by atomic mass is 14.1. The van der Waals surface area contributed by atoms with E-state index in [1.165, 1.54) is 38.5 Å². The van der Waals surface area contributed by atoms with Gasteiger partial charge in [0.1, 0.15) is 0 Å². The van der Waals surface area contributed by atoms with Crippen LogP contribution in [0.25, 0.3) is 0 Å². The summed E-state index contributed by atoms with van der Waals surface area (Å²) in [5, 5.41) is 0. The van der Waals surface area contributed by atoms with Gasteiger partial charge in [-0.3, -0.25) is 0 Å². The lowest BCUT2D eigenvalue weighted by Gasteiger charge is -2.06. The molecule has 62 valence electrons. The maximum absolute atomic E-state index is 3.68. The van der Waals surface area contributed by atoms with Gasteiger partial charge in [-0.15, -0.1) is 0 Å². The molecule has 0 aromatic carbocycles. The molecule has 0 amide bonds. The minimum Gasteiger partial charge on any atom is -0.0991 e. The Labute approximate surface area is 70.0 Å². The van der Waals surface area contributed by atoms with Gasteiger partial charge < -0.3 is 0 Å². The van der Waals surface area contributed by atoms with Gasteiger partial charge in [-0.05, 0) is 18.8 Å². The quantitative estimate of drug-likeness (QED) is 0.416. The molecule has 0 aromatic rings. The van der Waals surface area contributed by atoms with Crippen molar-refractivity contribution in [3.8, 4) is 0 Å². The summed E-state index contributed by atoms with van der Waals surface area (Å²) in [6.45, 7) is 3.68. The Hall–Kier alpha value is -0.520. The molecule has 0 aromatic heterocycles. The average molecular weight is 150 g/mol. The van der Waals surface area contributed by atoms with Crippen LogP contribution in [-0.4, -0.2) is 0 Å². The van der Waals surface area contributed by atoms with Crippen LogP contribution >= 0.6 is 0 Å². The molecule has 0 saturated heterocycles. The van der Waals surface area contributed by atoms with Gasteiger partial charge in [0.15, 0.2) is 0 Å². The summed E-state index contributed by atoms with van der Waals surface area (Å²) < 4.78 is 0. The summed E-state index contributed by atoms with van der Waals surface area (Å²) in [7, 11) is 0. The van der Waals surface area contributed by atoms with Crippen LogP contribution in [0.4, 0.5) is 0 Å². The highest BCUT2D eigenvalue weighted by Crippen LogP contribution is 2.23. The molecule has 0 bridgehead atoms. The van der Waals surface area contributed by atoms with Crippen LogP contribution in [0.2, 0.25) is 0 Å². The van der Waals surface area contributed by atoms with Gasteiger partial charge in [-0.2, -0.15) is 0 Å². The zero-order valence-electron chi connectivity index (χ0n) is 7.26. The van der Waals surface area contributed by atoms with Crippen molar-refractivity contribution in [2.75, 3.05) is 0 Å². The Balaban J connectivity index is 2.30. The zero-order valence-corrected chi connectivity index (χ0v) is 7.26. The van der Waals surface area contributed by atoms with Crippen molar-refractivity contribution in [2.24, 2.45) is 5.92 Å². The number of rotatable bonds is 2. The van der Waals surface area contributed by atoms with Crippen molar-refractivity contribution in [3.63, 3.8) is 0 Å². The molecule has 1 rings (SSSR count). The third-order valence-electron chi connectivity index (χ3n) is 2.42. The second-order valence-corrected chi connectivity index (χ2v) is 3.37. The Morgan fingerprint density at radius 1 is 1.00 bits per heavy atom. The minimum absolute atomic E-state index is 0.843. The lowest BCUT2D eigenvalue weighted by Crippen LogP contribution is -1.92. The van der Waals surface area contributed by atoms with E-state index in [0.29, 0.717) is 0 Å². The monoisotopic (exact) mass is 150 g/mol. The van der Waals surface area contributed by atoms with Crippen LogP contribution in [0.1, 0.15) is 38.5 Å². The fourth-order valence-corrected chi connectivity index (χ4v) is 1.74. The van der Waals surface area contributed by atoms with Crippen molar-refractivity contribution in [1.29, 1.82) is 0 Å². The van der Waals surface area contributed by atoms with Gasteiger partial charge in [0.2, 0.25) is 0 Å². The molecule has 0 nitrogen and oxygen atoms in total. The Morgan fingerprint density at radius 3 is 2.18 bits per heavy atom. The first kappa shape index (κ1) is 8.58. The molecule has 0 N–H and O–H groups in total. The third-order valence-corrected chi connectivity index (χ3v) is 2.42. The van der Waals surface area contributed by atoms with Crippen LogP contribution < -0.4 is 0 Å². The fourth-order valence-electron chi connectivity index (χ4n) is 1.74. The fraction of sp³-hybridized carbons (Fsp3) is 0.636. The molecular weight excluding hydrogens is 132 g/mol. The Bertz CT molecular complexity index is 125. The second-order valence-electron chi connectivity index (χ2n) is 3.37. The van der Waals surface area contributed by atoms with Crippen molar-refractivity contribution in [2.45, 2.75) is 38.5 Å². The summed E-state index contributed by atoms with van der Waals surface area (Å²) in [6, 6.07) is 0. The van der Waals surface area contributed by atoms with E-state index in [0.717, 1.165) is 5.92 Å². The SMILES string of the molecule is C=CC=CC1CCCCCC1. The van der Waals surface area contributed by atoms with E-state index in [2.05, 4.69) is 18.7 Å². The molecule has 0 aliphatic heterocycles. The van der Waals surface area contributed by atoms with E-state index < -0.39 is 0 Å². The maximum Gasteiger partial charge on any atom is -0.0230 e. The van der Waals surface area contributed by atoms with Crippen LogP contribution in [0.15, 0.2) is 24.8 Å². The number of allylic oxidation sites excluding steroid dienone is 3. The maximum atomic E-state index is 3.68. The van der Waals surface area contributed by atoms with Gasteiger partial charge >= 0.3 is 0 Å². The molecule has 11 heavy (non-hydrogen) atoms. The van der Waals surface area contributed by atoms with E-state index in [1.807, 2.05) is 6.08 Å². The van der Waals surface area contributed by atoms with E-state index in [-0.39, 0.29) is 0 Å². The number of hydrogen-bond donors (Lipinski definition) is 0. The van der Waals surface area contributed by atoms with Crippen LogP contribution in [0, 0.1) is 5.92 Å². The largest absolute Gasteiger partial charge is 0.0991 e. The lowest BCUT2D eigenvalue weighted by atomic mass is 10.0. The molecule has 1 aliphatic carbocycles. The van der Waals surface area contributed by atoms with E-state index in [9.17, 15) is 0 Å². The van der Waals surface area contributed by atoms with Crippen molar-refractivity contribution >= 4 is 0 Å². The normalized spacial score (nSPS) is 21.8. The molecule has 0 spiro atoms. The highest BCUT2D eigenvalue weighted by Gasteiger charge is 2.07. The van der Waals surface area contributed by atoms with Crippen molar-refractivity contribution in [3.05, 3.63) is 24.8 Å².